The summed E-state index contributed by atoms with van der Waals surface area (Å²) >= 11 is 0. The Labute approximate surface area is 150 Å². The Morgan fingerprint density at radius 1 is 1.16 bits per heavy atom. The number of hydrogen-bond acceptors (Lipinski definition) is 4. The molecular formula is C20H32O5. The molecule has 0 unspecified atom stereocenters. The van der Waals surface area contributed by atoms with E-state index in [1.165, 1.54) is 0 Å². The largest absolute Gasteiger partial charge is 0.481 e. The van der Waals surface area contributed by atoms with E-state index < -0.39 is 24.3 Å². The van der Waals surface area contributed by atoms with Crippen LogP contribution < -0.4 is 0 Å². The minimum atomic E-state index is -0.791. The van der Waals surface area contributed by atoms with Crippen molar-refractivity contribution < 1.29 is 25.2 Å². The number of carboxylic acids is 1. The van der Waals surface area contributed by atoms with Crippen LogP contribution in [0.2, 0.25) is 0 Å². The van der Waals surface area contributed by atoms with Crippen LogP contribution in [0.5, 0.6) is 0 Å². The third-order valence-electron chi connectivity index (χ3n) is 4.59. The molecule has 1 fully saturated rings. The van der Waals surface area contributed by atoms with Gasteiger partial charge in [0.05, 0.1) is 18.3 Å². The molecule has 142 valence electrons. The topological polar surface area (TPSA) is 98.0 Å². The van der Waals surface area contributed by atoms with E-state index in [0.29, 0.717) is 32.1 Å². The molecule has 1 aliphatic carbocycles. The van der Waals surface area contributed by atoms with Crippen molar-refractivity contribution in [1.29, 1.82) is 0 Å². The van der Waals surface area contributed by atoms with Crippen molar-refractivity contribution in [3.63, 3.8) is 0 Å². The zero-order valence-corrected chi connectivity index (χ0v) is 15.0. The van der Waals surface area contributed by atoms with Crippen LogP contribution in [0.1, 0.15) is 51.9 Å². The SMILES string of the molecule is CC/C=C\C[C@H](O)/C=C/[C@@H]1[C@H](C/C=C\CCCC(=O)O)[C@@H](O)C[C@H]1O. The lowest BCUT2D eigenvalue weighted by Gasteiger charge is -2.19. The Hall–Kier alpha value is -1.43. The van der Waals surface area contributed by atoms with Gasteiger partial charge in [-0.1, -0.05) is 43.4 Å². The van der Waals surface area contributed by atoms with Gasteiger partial charge in [-0.05, 0) is 38.0 Å². The second-order valence-electron chi connectivity index (χ2n) is 6.67. The summed E-state index contributed by atoms with van der Waals surface area (Å²) < 4.78 is 0. The zero-order chi connectivity index (χ0) is 18.7. The number of allylic oxidation sites excluding steroid dienone is 3. The maximum absolute atomic E-state index is 10.5. The Bertz CT molecular complexity index is 469. The van der Waals surface area contributed by atoms with Crippen LogP contribution in [0, 0.1) is 11.8 Å². The summed E-state index contributed by atoms with van der Waals surface area (Å²) in [6.45, 7) is 2.04. The quantitative estimate of drug-likeness (QED) is 0.339. The van der Waals surface area contributed by atoms with E-state index in [9.17, 15) is 20.1 Å². The van der Waals surface area contributed by atoms with Crippen molar-refractivity contribution in [3.8, 4) is 0 Å². The second-order valence-corrected chi connectivity index (χ2v) is 6.67. The van der Waals surface area contributed by atoms with Crippen LogP contribution in [0.4, 0.5) is 0 Å². The first-order chi connectivity index (χ1) is 12.0. The van der Waals surface area contributed by atoms with Gasteiger partial charge in [0.15, 0.2) is 0 Å². The first kappa shape index (κ1) is 21.6. The molecule has 0 aromatic rings. The number of aliphatic hydroxyl groups is 3. The molecule has 0 saturated heterocycles. The normalized spacial score (nSPS) is 28.5. The molecule has 5 heteroatoms. The molecule has 0 aliphatic heterocycles. The van der Waals surface area contributed by atoms with Crippen LogP contribution in [0.3, 0.4) is 0 Å². The van der Waals surface area contributed by atoms with Crippen LogP contribution in [-0.2, 0) is 4.79 Å². The van der Waals surface area contributed by atoms with Gasteiger partial charge in [0.25, 0.3) is 0 Å². The lowest BCUT2D eigenvalue weighted by atomic mass is 9.89. The number of aliphatic hydroxyl groups excluding tert-OH is 3. The monoisotopic (exact) mass is 352 g/mol. The predicted molar refractivity (Wildman–Crippen MR) is 98.0 cm³/mol. The van der Waals surface area contributed by atoms with Crippen molar-refractivity contribution in [1.82, 2.24) is 0 Å². The van der Waals surface area contributed by atoms with Crippen molar-refractivity contribution >= 4 is 5.97 Å². The first-order valence-electron chi connectivity index (χ1n) is 9.20. The molecule has 0 amide bonds. The molecule has 0 bridgehead atoms. The summed E-state index contributed by atoms with van der Waals surface area (Å²) in [5.41, 5.74) is 0. The molecule has 0 aromatic heterocycles. The number of rotatable bonds is 11. The van der Waals surface area contributed by atoms with E-state index in [2.05, 4.69) is 0 Å². The lowest BCUT2D eigenvalue weighted by Crippen LogP contribution is -2.20. The van der Waals surface area contributed by atoms with Crippen LogP contribution >= 0.6 is 0 Å². The fraction of sp³-hybridized carbons (Fsp3) is 0.650. The highest BCUT2D eigenvalue weighted by atomic mass is 16.4. The van der Waals surface area contributed by atoms with Crippen molar-refractivity contribution in [3.05, 3.63) is 36.5 Å². The summed E-state index contributed by atoms with van der Waals surface area (Å²) in [6.07, 6.45) is 13.5. The Balaban J connectivity index is 2.50. The highest BCUT2D eigenvalue weighted by Crippen LogP contribution is 2.36. The van der Waals surface area contributed by atoms with E-state index in [1.807, 2.05) is 37.3 Å². The third-order valence-corrected chi connectivity index (χ3v) is 4.59. The number of carboxylic acid groups (broad SMARTS) is 1. The highest BCUT2D eigenvalue weighted by molar-refractivity contribution is 5.66. The van der Waals surface area contributed by atoms with E-state index in [0.717, 1.165) is 6.42 Å². The fourth-order valence-electron chi connectivity index (χ4n) is 3.19. The summed E-state index contributed by atoms with van der Waals surface area (Å²) in [5.74, 6) is -1.05. The van der Waals surface area contributed by atoms with Gasteiger partial charge in [-0.3, -0.25) is 4.79 Å². The Morgan fingerprint density at radius 2 is 1.92 bits per heavy atom. The molecule has 25 heavy (non-hydrogen) atoms. The van der Waals surface area contributed by atoms with E-state index in [4.69, 9.17) is 5.11 Å². The van der Waals surface area contributed by atoms with E-state index in [-0.39, 0.29) is 18.3 Å². The maximum atomic E-state index is 10.5. The van der Waals surface area contributed by atoms with Gasteiger partial charge in [0, 0.05) is 18.8 Å². The fourth-order valence-corrected chi connectivity index (χ4v) is 3.19. The lowest BCUT2D eigenvalue weighted by molar-refractivity contribution is -0.137. The summed E-state index contributed by atoms with van der Waals surface area (Å²) in [7, 11) is 0. The average molecular weight is 352 g/mol. The van der Waals surface area contributed by atoms with Gasteiger partial charge in [-0.2, -0.15) is 0 Å². The van der Waals surface area contributed by atoms with Gasteiger partial charge in [0.2, 0.25) is 0 Å². The van der Waals surface area contributed by atoms with Gasteiger partial charge in [-0.25, -0.2) is 0 Å². The molecule has 1 saturated carbocycles. The van der Waals surface area contributed by atoms with Gasteiger partial charge < -0.3 is 20.4 Å². The molecule has 1 rings (SSSR count). The molecule has 0 spiro atoms. The van der Waals surface area contributed by atoms with Crippen LogP contribution in [-0.4, -0.2) is 44.7 Å². The summed E-state index contributed by atoms with van der Waals surface area (Å²) in [6, 6.07) is 0. The maximum Gasteiger partial charge on any atom is 0.303 e. The van der Waals surface area contributed by atoms with E-state index >= 15 is 0 Å². The smallest absolute Gasteiger partial charge is 0.303 e. The van der Waals surface area contributed by atoms with Crippen molar-refractivity contribution in [2.75, 3.05) is 0 Å². The Morgan fingerprint density at radius 3 is 2.60 bits per heavy atom. The molecular weight excluding hydrogens is 320 g/mol. The minimum Gasteiger partial charge on any atom is -0.481 e. The third kappa shape index (κ3) is 8.47. The molecule has 4 N–H and O–H groups in total. The number of carbonyl (C=O) groups is 1. The standard InChI is InChI=1S/C20H32O5/c1-2-3-6-9-15(21)12-13-17-16(18(22)14-19(17)23)10-7-4-5-8-11-20(24)25/h3-4,6-7,12-13,15-19,21-23H,2,5,8-11,14H2,1H3,(H,24,25)/b6-3-,7-4-,13-12+/t15-,16-,17+,18-,19+/m0/s1. The van der Waals surface area contributed by atoms with Gasteiger partial charge >= 0.3 is 5.97 Å². The molecule has 0 aromatic carbocycles. The molecule has 5 atom stereocenters. The van der Waals surface area contributed by atoms with E-state index in [1.54, 1.807) is 6.08 Å². The number of unbranched alkanes of at least 4 members (excludes halogenated alkanes) is 1. The van der Waals surface area contributed by atoms with Crippen molar-refractivity contribution in [2.24, 2.45) is 11.8 Å². The highest BCUT2D eigenvalue weighted by Gasteiger charge is 2.39. The van der Waals surface area contributed by atoms with Crippen molar-refractivity contribution in [2.45, 2.75) is 70.2 Å². The molecule has 5 nitrogen and oxygen atoms in total. The Kier molecular flexibility index (Phi) is 10.4. The van der Waals surface area contributed by atoms with Crippen LogP contribution in [0.25, 0.3) is 0 Å². The second kappa shape index (κ2) is 12.0. The summed E-state index contributed by atoms with van der Waals surface area (Å²) in [4.78, 5) is 10.5. The molecule has 1 aliphatic rings. The zero-order valence-electron chi connectivity index (χ0n) is 15.0. The molecule has 0 heterocycles. The summed E-state index contributed by atoms with van der Waals surface area (Å²) in [5, 5.41) is 38.9. The van der Waals surface area contributed by atoms with Gasteiger partial charge in [-0.15, -0.1) is 0 Å². The number of aliphatic carboxylic acids is 1. The number of hydrogen-bond donors (Lipinski definition) is 4. The average Bonchev–Trinajstić information content (AvgIpc) is 2.82. The predicted octanol–water partition coefficient (Wildman–Crippen LogP) is 2.82. The van der Waals surface area contributed by atoms with Crippen LogP contribution in [0.15, 0.2) is 36.5 Å². The minimum absolute atomic E-state index is 0.0830. The first-order valence-corrected chi connectivity index (χ1v) is 9.20. The molecule has 0 radical (unpaired) electrons. The van der Waals surface area contributed by atoms with Gasteiger partial charge in [0.1, 0.15) is 0 Å².